The molecule has 1 aromatic carbocycles. The zero-order valence-electron chi connectivity index (χ0n) is 11.0. The average molecular weight is 252 g/mol. The molecule has 0 spiro atoms. The van der Waals surface area contributed by atoms with Crippen LogP contribution in [0, 0.1) is 5.92 Å². The molecular weight excluding hydrogens is 232 g/mol. The van der Waals surface area contributed by atoms with Gasteiger partial charge in [0.15, 0.2) is 0 Å². The van der Waals surface area contributed by atoms with Crippen molar-refractivity contribution in [3.05, 3.63) is 17.7 Å². The first-order chi connectivity index (χ1) is 8.40. The first-order valence-electron chi connectivity index (χ1n) is 6.32. The molecule has 0 radical (unpaired) electrons. The van der Waals surface area contributed by atoms with E-state index in [2.05, 4.69) is 0 Å². The molecule has 4 heteroatoms. The summed E-state index contributed by atoms with van der Waals surface area (Å²) in [7, 11) is 0. The molecule has 4 nitrogen and oxygen atoms in total. The fourth-order valence-electron chi connectivity index (χ4n) is 2.77. The third kappa shape index (κ3) is 1.81. The fraction of sp³-hybridized carbons (Fsp3) is 0.571. The Hall–Kier alpha value is -1.42. The van der Waals surface area contributed by atoms with Gasteiger partial charge in [0, 0.05) is 24.1 Å². The number of aromatic hydroxyl groups is 2. The number of aliphatic hydroxyl groups is 1. The molecule has 0 saturated heterocycles. The molecule has 0 aliphatic carbocycles. The van der Waals surface area contributed by atoms with Gasteiger partial charge in [-0.1, -0.05) is 20.8 Å². The molecule has 3 N–H and O–H groups in total. The summed E-state index contributed by atoms with van der Waals surface area (Å²) in [6.07, 6.45) is 0.347. The molecular formula is C14H20O4. The highest BCUT2D eigenvalue weighted by Gasteiger charge is 2.46. The number of phenols is 2. The van der Waals surface area contributed by atoms with E-state index in [1.807, 2.05) is 20.8 Å². The molecule has 1 heterocycles. The number of benzene rings is 1. The van der Waals surface area contributed by atoms with Crippen LogP contribution in [0.25, 0.3) is 0 Å². The first-order valence-corrected chi connectivity index (χ1v) is 6.32. The summed E-state index contributed by atoms with van der Waals surface area (Å²) in [5.74, 6) is 0.539. The van der Waals surface area contributed by atoms with Crippen molar-refractivity contribution in [2.24, 2.45) is 5.92 Å². The second kappa shape index (κ2) is 4.35. The maximum Gasteiger partial charge on any atom is 0.137 e. The lowest BCUT2D eigenvalue weighted by molar-refractivity contribution is -0.0990. The molecule has 2 rings (SSSR count). The third-order valence-electron chi connectivity index (χ3n) is 3.96. The fourth-order valence-corrected chi connectivity index (χ4v) is 2.77. The van der Waals surface area contributed by atoms with E-state index in [4.69, 9.17) is 4.74 Å². The van der Waals surface area contributed by atoms with E-state index in [1.165, 1.54) is 12.1 Å². The molecule has 0 bridgehead atoms. The topological polar surface area (TPSA) is 69.9 Å². The summed E-state index contributed by atoms with van der Waals surface area (Å²) >= 11 is 0. The second-order valence-electron chi connectivity index (χ2n) is 5.23. The Balaban J connectivity index is 2.50. The highest BCUT2D eigenvalue weighted by atomic mass is 16.5. The van der Waals surface area contributed by atoms with Crippen LogP contribution in [0.4, 0.5) is 0 Å². The molecule has 1 aliphatic heterocycles. The van der Waals surface area contributed by atoms with Gasteiger partial charge in [0.25, 0.3) is 0 Å². The Labute approximate surface area is 107 Å². The SMILES string of the molecule is CCC1(C(C)C)Oc2cc(O)cc(O)c2CC1O. The standard InChI is InChI=1S/C14H20O4/c1-4-14(8(2)3)13(17)7-10-11(16)5-9(15)6-12(10)18-14/h5-6,8,13,15-17H,4,7H2,1-3H3. The number of fused-ring (bicyclic) bond motifs is 1. The van der Waals surface area contributed by atoms with E-state index < -0.39 is 11.7 Å². The number of aliphatic hydroxyl groups excluding tert-OH is 1. The maximum absolute atomic E-state index is 10.3. The van der Waals surface area contributed by atoms with Gasteiger partial charge in [-0.05, 0) is 12.3 Å². The number of rotatable bonds is 2. The Morgan fingerprint density at radius 1 is 1.39 bits per heavy atom. The van der Waals surface area contributed by atoms with Crippen LogP contribution in [0.2, 0.25) is 0 Å². The van der Waals surface area contributed by atoms with Crippen molar-refractivity contribution in [2.45, 2.75) is 45.3 Å². The van der Waals surface area contributed by atoms with Crippen molar-refractivity contribution in [3.63, 3.8) is 0 Å². The van der Waals surface area contributed by atoms with E-state index in [0.717, 1.165) is 0 Å². The predicted molar refractivity (Wildman–Crippen MR) is 68.0 cm³/mol. The number of ether oxygens (including phenoxy) is 1. The van der Waals surface area contributed by atoms with Crippen LogP contribution < -0.4 is 4.74 Å². The van der Waals surface area contributed by atoms with Crippen molar-refractivity contribution in [1.29, 1.82) is 0 Å². The summed E-state index contributed by atoms with van der Waals surface area (Å²) in [5, 5.41) is 29.6. The number of hydrogen-bond donors (Lipinski definition) is 3. The quantitative estimate of drug-likeness (QED) is 0.754. The molecule has 2 unspecified atom stereocenters. The molecule has 100 valence electrons. The number of hydrogen-bond acceptors (Lipinski definition) is 4. The van der Waals surface area contributed by atoms with E-state index in [1.54, 1.807) is 0 Å². The minimum absolute atomic E-state index is 0.0301. The zero-order valence-corrected chi connectivity index (χ0v) is 11.0. The van der Waals surface area contributed by atoms with E-state index in [9.17, 15) is 15.3 Å². The van der Waals surface area contributed by atoms with Gasteiger partial charge >= 0.3 is 0 Å². The highest BCUT2D eigenvalue weighted by Crippen LogP contribution is 2.44. The Kier molecular flexibility index (Phi) is 3.15. The second-order valence-corrected chi connectivity index (χ2v) is 5.23. The predicted octanol–water partition coefficient (Wildman–Crippen LogP) is 2.20. The van der Waals surface area contributed by atoms with Crippen LogP contribution in [0.1, 0.15) is 32.8 Å². The molecule has 1 aliphatic rings. The summed E-state index contributed by atoms with van der Waals surface area (Å²) in [6.45, 7) is 5.97. The van der Waals surface area contributed by atoms with E-state index >= 15 is 0 Å². The number of phenolic OH excluding ortho intramolecular Hbond substituents is 2. The van der Waals surface area contributed by atoms with Gasteiger partial charge in [-0.15, -0.1) is 0 Å². The summed E-state index contributed by atoms with van der Waals surface area (Å²) in [6, 6.07) is 2.76. The van der Waals surface area contributed by atoms with Crippen molar-refractivity contribution in [1.82, 2.24) is 0 Å². The van der Waals surface area contributed by atoms with Crippen LogP contribution in [0.3, 0.4) is 0 Å². The average Bonchev–Trinajstić information content (AvgIpc) is 2.29. The van der Waals surface area contributed by atoms with Crippen molar-refractivity contribution in [2.75, 3.05) is 0 Å². The Morgan fingerprint density at radius 2 is 2.06 bits per heavy atom. The van der Waals surface area contributed by atoms with E-state index in [0.29, 0.717) is 24.2 Å². The summed E-state index contributed by atoms with van der Waals surface area (Å²) < 4.78 is 5.93. The van der Waals surface area contributed by atoms with Crippen LogP contribution in [-0.2, 0) is 6.42 Å². The molecule has 0 fully saturated rings. The summed E-state index contributed by atoms with van der Waals surface area (Å²) in [4.78, 5) is 0. The van der Waals surface area contributed by atoms with Gasteiger partial charge in [-0.25, -0.2) is 0 Å². The van der Waals surface area contributed by atoms with Crippen LogP contribution >= 0.6 is 0 Å². The van der Waals surface area contributed by atoms with Crippen LogP contribution in [-0.4, -0.2) is 27.0 Å². The molecule has 18 heavy (non-hydrogen) atoms. The molecule has 0 amide bonds. The maximum atomic E-state index is 10.3. The van der Waals surface area contributed by atoms with Crippen LogP contribution in [0.5, 0.6) is 17.2 Å². The van der Waals surface area contributed by atoms with Gasteiger partial charge in [-0.2, -0.15) is 0 Å². The lowest BCUT2D eigenvalue weighted by atomic mass is 9.78. The van der Waals surface area contributed by atoms with Crippen molar-refractivity contribution < 1.29 is 20.1 Å². The highest BCUT2D eigenvalue weighted by molar-refractivity contribution is 5.51. The minimum atomic E-state index is -0.662. The Bertz CT molecular complexity index is 455. The monoisotopic (exact) mass is 252 g/mol. The van der Waals surface area contributed by atoms with Gasteiger partial charge < -0.3 is 20.1 Å². The smallest absolute Gasteiger partial charge is 0.137 e. The largest absolute Gasteiger partial charge is 0.508 e. The van der Waals surface area contributed by atoms with E-state index in [-0.39, 0.29) is 17.4 Å². The van der Waals surface area contributed by atoms with Crippen molar-refractivity contribution in [3.8, 4) is 17.2 Å². The summed E-state index contributed by atoms with van der Waals surface area (Å²) in [5.41, 5.74) is -0.0993. The molecule has 0 aromatic heterocycles. The molecule has 2 atom stereocenters. The lowest BCUT2D eigenvalue weighted by Gasteiger charge is -2.45. The van der Waals surface area contributed by atoms with Crippen LogP contribution in [0.15, 0.2) is 12.1 Å². The minimum Gasteiger partial charge on any atom is -0.508 e. The van der Waals surface area contributed by atoms with Gasteiger partial charge in [0.2, 0.25) is 0 Å². The van der Waals surface area contributed by atoms with Gasteiger partial charge in [-0.3, -0.25) is 0 Å². The van der Waals surface area contributed by atoms with Crippen molar-refractivity contribution >= 4 is 0 Å². The lowest BCUT2D eigenvalue weighted by Crippen LogP contribution is -2.54. The normalized spacial score (nSPS) is 26.8. The van der Waals surface area contributed by atoms with Gasteiger partial charge in [0.05, 0.1) is 6.10 Å². The first kappa shape index (κ1) is 13.0. The zero-order chi connectivity index (χ0) is 13.5. The third-order valence-corrected chi connectivity index (χ3v) is 3.96. The molecule has 0 saturated carbocycles. The van der Waals surface area contributed by atoms with Gasteiger partial charge in [0.1, 0.15) is 22.8 Å². The Morgan fingerprint density at radius 3 is 2.61 bits per heavy atom. The molecule has 1 aromatic rings.